The van der Waals surface area contributed by atoms with E-state index in [2.05, 4.69) is 25.4 Å². The van der Waals surface area contributed by atoms with E-state index in [-0.39, 0.29) is 17.2 Å². The highest BCUT2D eigenvalue weighted by Crippen LogP contribution is 2.28. The van der Waals surface area contributed by atoms with Crippen LogP contribution in [0.3, 0.4) is 0 Å². The molecule has 3 N–H and O–H groups in total. The molecule has 0 radical (unpaired) electrons. The van der Waals surface area contributed by atoms with Gasteiger partial charge in [-0.25, -0.2) is 15.0 Å². The van der Waals surface area contributed by atoms with Crippen LogP contribution in [0.15, 0.2) is 32.6 Å². The summed E-state index contributed by atoms with van der Waals surface area (Å²) in [5, 5.41) is 13.1. The molecule has 3 aromatic rings. The normalized spacial score (nSPS) is 11.1. The second kappa shape index (κ2) is 7.32. The number of hydrogen-bond donors (Lipinski definition) is 3. The Morgan fingerprint density at radius 3 is 2.41 bits per heavy atom. The topological polar surface area (TPSA) is 124 Å². The van der Waals surface area contributed by atoms with E-state index in [1.165, 1.54) is 0 Å². The summed E-state index contributed by atoms with van der Waals surface area (Å²) in [5.41, 5.74) is 2.13. The highest BCUT2D eigenvalue weighted by Gasteiger charge is 2.14. The number of aromatic amines is 3. The predicted molar refractivity (Wildman–Crippen MR) is 102 cm³/mol. The first kappa shape index (κ1) is 18.8. The Kier molecular flexibility index (Phi) is 5.09. The number of aryl methyl sites for hydroxylation is 1. The van der Waals surface area contributed by atoms with Gasteiger partial charge in [-0.1, -0.05) is 25.4 Å². The molecule has 0 saturated carbocycles. The average molecular weight is 388 g/mol. The summed E-state index contributed by atoms with van der Waals surface area (Å²) in [6.45, 7) is 5.74. The van der Waals surface area contributed by atoms with Gasteiger partial charge in [0, 0.05) is 22.6 Å². The summed E-state index contributed by atoms with van der Waals surface area (Å²) in [7, 11) is 0. The van der Waals surface area contributed by atoms with Crippen LogP contribution in [-0.2, 0) is 6.42 Å². The molecule has 0 aliphatic heterocycles. The van der Waals surface area contributed by atoms with Gasteiger partial charge in [-0.15, -0.1) is 0 Å². The lowest BCUT2D eigenvalue weighted by Crippen LogP contribution is -2.25. The first-order chi connectivity index (χ1) is 12.8. The van der Waals surface area contributed by atoms with E-state index >= 15 is 0 Å². The van der Waals surface area contributed by atoms with Gasteiger partial charge in [0.15, 0.2) is 5.69 Å². The lowest BCUT2D eigenvalue weighted by atomic mass is 9.98. The Hall–Kier alpha value is -3.00. The highest BCUT2D eigenvalue weighted by molar-refractivity contribution is 6.31. The summed E-state index contributed by atoms with van der Waals surface area (Å²) in [6.07, 6.45) is 0.427. The molecule has 140 valence electrons. The highest BCUT2D eigenvalue weighted by atomic mass is 35.5. The predicted octanol–water partition coefficient (Wildman–Crippen LogP) is 1.88. The van der Waals surface area contributed by atoms with Crippen molar-refractivity contribution in [1.82, 2.24) is 25.4 Å². The molecular weight excluding hydrogens is 370 g/mol. The van der Waals surface area contributed by atoms with Crippen molar-refractivity contribution in [3.05, 3.63) is 76.8 Å². The smallest absolute Gasteiger partial charge is 0.271 e. The lowest BCUT2D eigenvalue weighted by Gasteiger charge is -2.12. The van der Waals surface area contributed by atoms with Crippen LogP contribution in [-0.4, -0.2) is 25.4 Å². The molecule has 0 aliphatic rings. The Morgan fingerprint density at radius 1 is 1.04 bits per heavy atom. The number of halogens is 1. The summed E-state index contributed by atoms with van der Waals surface area (Å²) in [6, 6.07) is 5.17. The minimum absolute atomic E-state index is 0.0764. The monoisotopic (exact) mass is 387 g/mol. The Morgan fingerprint density at radius 2 is 1.78 bits per heavy atom. The SMILES string of the molecule is Cc1cc(-c2n[nH]c(=O)[nH]c2=O)cc(Cl)c1Cc1cc(C(C)C)c(=O)[nH]n1. The molecule has 0 spiro atoms. The first-order valence-electron chi connectivity index (χ1n) is 8.33. The lowest BCUT2D eigenvalue weighted by molar-refractivity contribution is 0.800. The van der Waals surface area contributed by atoms with Gasteiger partial charge in [0.2, 0.25) is 0 Å². The molecule has 0 atom stereocenters. The molecule has 0 saturated heterocycles. The van der Waals surface area contributed by atoms with Crippen LogP contribution in [0.5, 0.6) is 0 Å². The Balaban J connectivity index is 2.01. The number of H-pyrrole nitrogens is 3. The zero-order chi connectivity index (χ0) is 19.7. The number of nitrogens with one attached hydrogen (secondary N) is 3. The van der Waals surface area contributed by atoms with Crippen LogP contribution >= 0.6 is 11.6 Å². The van der Waals surface area contributed by atoms with Gasteiger partial charge >= 0.3 is 5.69 Å². The third-order valence-corrected chi connectivity index (χ3v) is 4.61. The standard InChI is InChI=1S/C18H18ClN5O3/c1-8(2)12-6-11(21-23-16(12)25)7-13-9(3)4-10(5-14(13)19)15-17(26)20-18(27)24-22-15/h4-6,8H,7H2,1-3H3,(H,23,25)(H2,20,24,26,27). The molecule has 8 nitrogen and oxygen atoms in total. The first-order valence-corrected chi connectivity index (χ1v) is 8.71. The average Bonchev–Trinajstić information content (AvgIpc) is 2.59. The number of nitrogens with zero attached hydrogens (tertiary/aromatic N) is 2. The summed E-state index contributed by atoms with van der Waals surface area (Å²) in [5.74, 6) is 0.0764. The molecule has 0 amide bonds. The van der Waals surface area contributed by atoms with Crippen LogP contribution in [0.2, 0.25) is 5.02 Å². The summed E-state index contributed by atoms with van der Waals surface area (Å²) in [4.78, 5) is 37.1. The van der Waals surface area contributed by atoms with Crippen molar-refractivity contribution in [3.8, 4) is 11.3 Å². The molecule has 27 heavy (non-hydrogen) atoms. The van der Waals surface area contributed by atoms with E-state index in [4.69, 9.17) is 11.6 Å². The molecular formula is C18H18ClN5O3. The van der Waals surface area contributed by atoms with Gasteiger partial charge in [-0.2, -0.15) is 10.2 Å². The fourth-order valence-electron chi connectivity index (χ4n) is 2.84. The van der Waals surface area contributed by atoms with Crippen molar-refractivity contribution < 1.29 is 0 Å². The van der Waals surface area contributed by atoms with Gasteiger partial charge in [0.05, 0.1) is 5.69 Å². The molecule has 3 rings (SSSR count). The van der Waals surface area contributed by atoms with E-state index in [1.807, 2.05) is 20.8 Å². The van der Waals surface area contributed by atoms with Gasteiger partial charge in [-0.3, -0.25) is 14.6 Å². The molecule has 0 unspecified atom stereocenters. The van der Waals surface area contributed by atoms with E-state index in [0.717, 1.165) is 11.1 Å². The largest absolute Gasteiger partial charge is 0.342 e. The van der Waals surface area contributed by atoms with Gasteiger partial charge in [-0.05, 0) is 42.2 Å². The minimum Gasteiger partial charge on any atom is -0.271 e. The Bertz CT molecular complexity index is 1150. The van der Waals surface area contributed by atoms with Crippen molar-refractivity contribution in [1.29, 1.82) is 0 Å². The Labute approximate surface area is 158 Å². The van der Waals surface area contributed by atoms with Crippen molar-refractivity contribution in [2.24, 2.45) is 0 Å². The molecule has 0 bridgehead atoms. The maximum atomic E-state index is 11.9. The summed E-state index contributed by atoms with van der Waals surface area (Å²) >= 11 is 6.44. The molecule has 1 aromatic carbocycles. The van der Waals surface area contributed by atoms with Crippen molar-refractivity contribution >= 4 is 11.6 Å². The number of hydrogen-bond acceptors (Lipinski definition) is 5. The zero-order valence-corrected chi connectivity index (χ0v) is 15.8. The second-order valence-corrected chi connectivity index (χ2v) is 6.99. The maximum Gasteiger partial charge on any atom is 0.342 e. The molecule has 0 aliphatic carbocycles. The van der Waals surface area contributed by atoms with Crippen LogP contribution in [0.1, 0.15) is 42.1 Å². The maximum absolute atomic E-state index is 11.9. The van der Waals surface area contributed by atoms with Gasteiger partial charge < -0.3 is 0 Å². The van der Waals surface area contributed by atoms with E-state index in [9.17, 15) is 14.4 Å². The third-order valence-electron chi connectivity index (χ3n) is 4.27. The van der Waals surface area contributed by atoms with Crippen molar-refractivity contribution in [2.45, 2.75) is 33.1 Å². The summed E-state index contributed by atoms with van der Waals surface area (Å²) < 4.78 is 0. The van der Waals surface area contributed by atoms with Crippen LogP contribution in [0.25, 0.3) is 11.3 Å². The quantitative estimate of drug-likeness (QED) is 0.630. The van der Waals surface area contributed by atoms with E-state index in [1.54, 1.807) is 18.2 Å². The van der Waals surface area contributed by atoms with E-state index in [0.29, 0.717) is 28.3 Å². The van der Waals surface area contributed by atoms with Crippen LogP contribution in [0, 0.1) is 6.92 Å². The minimum atomic E-state index is -0.673. The van der Waals surface area contributed by atoms with Crippen molar-refractivity contribution in [2.75, 3.05) is 0 Å². The fraction of sp³-hybridized carbons (Fsp3) is 0.278. The molecule has 0 fully saturated rings. The number of aromatic nitrogens is 5. The molecule has 9 heteroatoms. The van der Waals surface area contributed by atoms with Crippen LogP contribution < -0.4 is 16.8 Å². The number of rotatable bonds is 4. The molecule has 2 aromatic heterocycles. The third kappa shape index (κ3) is 3.90. The second-order valence-electron chi connectivity index (χ2n) is 6.58. The van der Waals surface area contributed by atoms with Gasteiger partial charge in [0.25, 0.3) is 11.1 Å². The molecule has 2 heterocycles. The van der Waals surface area contributed by atoms with Crippen LogP contribution in [0.4, 0.5) is 0 Å². The van der Waals surface area contributed by atoms with Crippen molar-refractivity contribution in [3.63, 3.8) is 0 Å². The van der Waals surface area contributed by atoms with Gasteiger partial charge in [0.1, 0.15) is 0 Å². The zero-order valence-electron chi connectivity index (χ0n) is 15.0. The fourth-order valence-corrected chi connectivity index (χ4v) is 3.18. The number of benzene rings is 1. The van der Waals surface area contributed by atoms with E-state index < -0.39 is 11.2 Å².